The topological polar surface area (TPSA) is 58.8 Å². The number of carbonyl (C=O) groups is 1. The van der Waals surface area contributed by atoms with Crippen molar-refractivity contribution in [2.45, 2.75) is 25.9 Å². The second kappa shape index (κ2) is 5.54. The molecule has 2 saturated heterocycles. The van der Waals surface area contributed by atoms with Crippen molar-refractivity contribution in [3.05, 3.63) is 17.5 Å². The minimum Gasteiger partial charge on any atom is -0.378 e. The third-order valence-corrected chi connectivity index (χ3v) is 4.17. The van der Waals surface area contributed by atoms with Crippen LogP contribution in [0.2, 0.25) is 0 Å². The van der Waals surface area contributed by atoms with Crippen LogP contribution in [0.4, 0.5) is 0 Å². The summed E-state index contributed by atoms with van der Waals surface area (Å²) in [7, 11) is 1.88. The van der Waals surface area contributed by atoms with Crippen molar-refractivity contribution in [3.63, 3.8) is 0 Å². The lowest BCUT2D eigenvalue weighted by molar-refractivity contribution is -0.134. The van der Waals surface area contributed by atoms with Gasteiger partial charge in [0, 0.05) is 26.2 Å². The largest absolute Gasteiger partial charge is 0.378 e. The number of hydrogen-bond donors (Lipinski definition) is 0. The summed E-state index contributed by atoms with van der Waals surface area (Å²) in [6.07, 6.45) is 0.879. The minimum atomic E-state index is -0.0685. The van der Waals surface area contributed by atoms with Crippen molar-refractivity contribution in [1.82, 2.24) is 15.0 Å². The molecule has 3 rings (SSSR count). The van der Waals surface area contributed by atoms with Gasteiger partial charge in [-0.3, -0.25) is 9.69 Å². The number of likely N-dealkylation sites (N-methyl/N-ethyl adjacent to an activating group) is 1. The van der Waals surface area contributed by atoms with E-state index in [0.29, 0.717) is 19.8 Å². The first-order valence-corrected chi connectivity index (χ1v) is 7.18. The zero-order chi connectivity index (χ0) is 14.1. The molecule has 2 aliphatic heterocycles. The van der Waals surface area contributed by atoms with Gasteiger partial charge in [-0.2, -0.15) is 0 Å². The summed E-state index contributed by atoms with van der Waals surface area (Å²) in [5.74, 6) is 1.00. The Morgan fingerprint density at radius 3 is 3.00 bits per heavy atom. The summed E-state index contributed by atoms with van der Waals surface area (Å²) >= 11 is 0. The number of fused-ring (bicyclic) bond motifs is 3. The molecule has 2 aliphatic rings. The molecule has 2 fully saturated rings. The number of carbonyl (C=O) groups excluding carboxylic acids is 1. The van der Waals surface area contributed by atoms with Crippen LogP contribution < -0.4 is 0 Å². The molecule has 0 aliphatic carbocycles. The zero-order valence-corrected chi connectivity index (χ0v) is 12.0. The Morgan fingerprint density at radius 1 is 1.40 bits per heavy atom. The molecule has 110 valence electrons. The summed E-state index contributed by atoms with van der Waals surface area (Å²) in [6, 6.07) is 2.13. The number of aryl methyl sites for hydroxylation is 1. The van der Waals surface area contributed by atoms with Crippen molar-refractivity contribution in [1.29, 1.82) is 0 Å². The van der Waals surface area contributed by atoms with E-state index in [0.717, 1.165) is 31.0 Å². The van der Waals surface area contributed by atoms with Crippen LogP contribution in [0.15, 0.2) is 10.6 Å². The van der Waals surface area contributed by atoms with Gasteiger partial charge in [0.2, 0.25) is 5.91 Å². The van der Waals surface area contributed by atoms with Crippen molar-refractivity contribution < 1.29 is 14.1 Å². The van der Waals surface area contributed by atoms with E-state index in [2.05, 4.69) is 17.0 Å². The third-order valence-electron chi connectivity index (χ3n) is 4.17. The number of rotatable bonds is 3. The number of hydrogen-bond acceptors (Lipinski definition) is 5. The molecule has 3 heterocycles. The average molecular weight is 279 g/mol. The molecule has 0 unspecified atom stereocenters. The van der Waals surface area contributed by atoms with Gasteiger partial charge < -0.3 is 14.2 Å². The van der Waals surface area contributed by atoms with Crippen LogP contribution in [-0.4, -0.2) is 60.3 Å². The molecule has 0 spiro atoms. The summed E-state index contributed by atoms with van der Waals surface area (Å²) in [6.45, 7) is 5.45. The maximum Gasteiger partial charge on any atom is 0.229 e. The van der Waals surface area contributed by atoms with Crippen LogP contribution in [0.1, 0.15) is 18.4 Å². The van der Waals surface area contributed by atoms with Crippen molar-refractivity contribution in [2.75, 3.05) is 33.4 Å². The van der Waals surface area contributed by atoms with Gasteiger partial charge in [-0.1, -0.05) is 12.1 Å². The normalized spacial score (nSPS) is 27.7. The molecule has 6 nitrogen and oxygen atoms in total. The standard InChI is InChI=1S/C14H21N3O3/c1-3-11-4-13(20-15-11)7-17-5-10-8-19-9-12(6-17)16(2)14(10)18/h4,10,12H,3,5-9H2,1-2H3/t10-,12+/m1/s1. The van der Waals surface area contributed by atoms with E-state index >= 15 is 0 Å². The molecule has 2 atom stereocenters. The van der Waals surface area contributed by atoms with Gasteiger partial charge in [-0.25, -0.2) is 0 Å². The van der Waals surface area contributed by atoms with Gasteiger partial charge in [0.15, 0.2) is 5.76 Å². The van der Waals surface area contributed by atoms with E-state index in [-0.39, 0.29) is 17.9 Å². The first-order valence-electron chi connectivity index (χ1n) is 7.18. The van der Waals surface area contributed by atoms with Gasteiger partial charge in [0.05, 0.1) is 37.4 Å². The van der Waals surface area contributed by atoms with E-state index < -0.39 is 0 Å². The molecule has 20 heavy (non-hydrogen) atoms. The van der Waals surface area contributed by atoms with Crippen molar-refractivity contribution in [2.24, 2.45) is 5.92 Å². The summed E-state index contributed by atoms with van der Waals surface area (Å²) in [5, 5.41) is 4.02. The highest BCUT2D eigenvalue weighted by Crippen LogP contribution is 2.21. The summed E-state index contributed by atoms with van der Waals surface area (Å²) in [4.78, 5) is 16.4. The number of nitrogens with zero attached hydrogens (tertiary/aromatic N) is 3. The molecule has 0 N–H and O–H groups in total. The Bertz CT molecular complexity index is 488. The lowest BCUT2D eigenvalue weighted by Crippen LogP contribution is -2.42. The molecule has 0 radical (unpaired) electrons. The van der Waals surface area contributed by atoms with Crippen LogP contribution in [0.5, 0.6) is 0 Å². The summed E-state index contributed by atoms with van der Waals surface area (Å²) in [5.41, 5.74) is 0.978. The van der Waals surface area contributed by atoms with Crippen LogP contribution in [-0.2, 0) is 22.5 Å². The van der Waals surface area contributed by atoms with Crippen LogP contribution >= 0.6 is 0 Å². The fourth-order valence-corrected chi connectivity index (χ4v) is 2.93. The molecule has 6 heteroatoms. The quantitative estimate of drug-likeness (QED) is 0.807. The third kappa shape index (κ3) is 2.58. The second-order valence-electron chi connectivity index (χ2n) is 5.67. The van der Waals surface area contributed by atoms with Crippen LogP contribution in [0.3, 0.4) is 0 Å². The Morgan fingerprint density at radius 2 is 2.25 bits per heavy atom. The Labute approximate surface area is 118 Å². The monoisotopic (exact) mass is 279 g/mol. The Hall–Kier alpha value is -1.40. The van der Waals surface area contributed by atoms with Gasteiger partial charge in [0.25, 0.3) is 0 Å². The maximum absolute atomic E-state index is 12.3. The van der Waals surface area contributed by atoms with E-state index in [1.165, 1.54) is 0 Å². The van der Waals surface area contributed by atoms with E-state index in [9.17, 15) is 4.79 Å². The highest BCUT2D eigenvalue weighted by molar-refractivity contribution is 5.79. The molecule has 1 amide bonds. The second-order valence-corrected chi connectivity index (χ2v) is 5.67. The van der Waals surface area contributed by atoms with Gasteiger partial charge in [-0.15, -0.1) is 0 Å². The number of aromatic nitrogens is 1. The molecule has 1 aromatic rings. The molecule has 0 saturated carbocycles. The highest BCUT2D eigenvalue weighted by atomic mass is 16.5. The first kappa shape index (κ1) is 13.6. The Balaban J connectivity index is 1.73. The molecule has 2 bridgehead atoms. The lowest BCUT2D eigenvalue weighted by atomic mass is 10.1. The SMILES string of the molecule is CCc1cc(CN2C[C@@H]3COC[C@H](C2)N(C)C3=O)on1. The van der Waals surface area contributed by atoms with Gasteiger partial charge in [0.1, 0.15) is 0 Å². The van der Waals surface area contributed by atoms with Crippen molar-refractivity contribution >= 4 is 5.91 Å². The van der Waals surface area contributed by atoms with Crippen LogP contribution in [0, 0.1) is 5.92 Å². The highest BCUT2D eigenvalue weighted by Gasteiger charge is 2.37. The van der Waals surface area contributed by atoms with E-state index in [4.69, 9.17) is 9.26 Å². The van der Waals surface area contributed by atoms with Gasteiger partial charge >= 0.3 is 0 Å². The van der Waals surface area contributed by atoms with Gasteiger partial charge in [-0.05, 0) is 6.42 Å². The first-order chi connectivity index (χ1) is 9.67. The maximum atomic E-state index is 12.3. The number of amides is 1. The fraction of sp³-hybridized carbons (Fsp3) is 0.714. The predicted octanol–water partition coefficient (Wildman–Crippen LogP) is 0.526. The lowest BCUT2D eigenvalue weighted by Gasteiger charge is -2.28. The molecular weight excluding hydrogens is 258 g/mol. The summed E-state index contributed by atoms with van der Waals surface area (Å²) < 4.78 is 11.0. The van der Waals surface area contributed by atoms with E-state index in [1.54, 1.807) is 0 Å². The smallest absolute Gasteiger partial charge is 0.229 e. The fourth-order valence-electron chi connectivity index (χ4n) is 2.93. The van der Waals surface area contributed by atoms with Crippen LogP contribution in [0.25, 0.3) is 0 Å². The van der Waals surface area contributed by atoms with E-state index in [1.807, 2.05) is 18.0 Å². The Kier molecular flexibility index (Phi) is 3.76. The zero-order valence-electron chi connectivity index (χ0n) is 12.0. The predicted molar refractivity (Wildman–Crippen MR) is 72.0 cm³/mol. The average Bonchev–Trinajstić information content (AvgIpc) is 2.79. The molecular formula is C14H21N3O3. The number of ether oxygens (including phenoxy) is 1. The molecule has 0 aromatic carbocycles. The minimum absolute atomic E-state index is 0.0685. The van der Waals surface area contributed by atoms with Crippen molar-refractivity contribution in [3.8, 4) is 0 Å². The molecule has 1 aromatic heterocycles.